The Morgan fingerprint density at radius 3 is 2.58 bits per heavy atom. The molecule has 1 aliphatic carbocycles. The molecule has 0 radical (unpaired) electrons. The summed E-state index contributed by atoms with van der Waals surface area (Å²) in [5.74, 6) is -0.873. The average Bonchev–Trinajstić information content (AvgIpc) is 3.25. The van der Waals surface area contributed by atoms with E-state index in [2.05, 4.69) is 15.1 Å². The minimum absolute atomic E-state index is 0.126. The Bertz CT molecular complexity index is 1390. The molecule has 1 fully saturated rings. The van der Waals surface area contributed by atoms with Gasteiger partial charge in [0.25, 0.3) is 5.91 Å². The fourth-order valence-electron chi connectivity index (χ4n) is 3.88. The first kappa shape index (κ1) is 21.6. The molecule has 0 unspecified atom stereocenters. The summed E-state index contributed by atoms with van der Waals surface area (Å²) in [5, 5.41) is 4.13. The van der Waals surface area contributed by atoms with Crippen LogP contribution in [0.25, 0.3) is 11.4 Å². The van der Waals surface area contributed by atoms with E-state index < -0.39 is 27.5 Å². The van der Waals surface area contributed by atoms with Crippen molar-refractivity contribution in [2.24, 2.45) is 7.05 Å². The normalized spacial score (nSPS) is 16.5. The quantitative estimate of drug-likeness (QED) is 0.556. The zero-order chi connectivity index (χ0) is 23.7. The number of carbonyl (C=O) groups excluding carboxylic acids is 1. The predicted octanol–water partition coefficient (Wildman–Crippen LogP) is 2.99. The van der Waals surface area contributed by atoms with Crippen molar-refractivity contribution in [2.75, 3.05) is 10.7 Å². The number of amides is 1. The Labute approximate surface area is 186 Å². The maximum absolute atomic E-state index is 13.1. The van der Waals surface area contributed by atoms with E-state index in [1.54, 1.807) is 17.1 Å². The molecule has 0 saturated heterocycles. The number of fused-ring (bicyclic) bond motifs is 1. The minimum atomic E-state index is -4.66. The van der Waals surface area contributed by atoms with Gasteiger partial charge in [0.05, 0.1) is 46.9 Å². The van der Waals surface area contributed by atoms with Crippen molar-refractivity contribution in [1.82, 2.24) is 24.3 Å². The van der Waals surface area contributed by atoms with Crippen LogP contribution in [0.5, 0.6) is 0 Å². The highest BCUT2D eigenvalue weighted by Crippen LogP contribution is 2.39. The highest BCUT2D eigenvalue weighted by atomic mass is 32.2. The third-order valence-electron chi connectivity index (χ3n) is 5.82. The van der Waals surface area contributed by atoms with Crippen molar-refractivity contribution >= 4 is 21.6 Å². The van der Waals surface area contributed by atoms with Gasteiger partial charge in [-0.15, -0.1) is 0 Å². The van der Waals surface area contributed by atoms with Crippen LogP contribution in [0.4, 0.5) is 19.0 Å². The zero-order valence-corrected chi connectivity index (χ0v) is 18.5. The molecule has 3 aromatic heterocycles. The second-order valence-corrected chi connectivity index (χ2v) is 10.3. The van der Waals surface area contributed by atoms with E-state index in [0.717, 1.165) is 23.8 Å². The smallest absolute Gasteiger partial charge is 0.316 e. The van der Waals surface area contributed by atoms with Gasteiger partial charge in [0.2, 0.25) is 0 Å². The first-order valence-corrected chi connectivity index (χ1v) is 11.9. The number of nitrogens with zero attached hydrogens (tertiary/aromatic N) is 6. The van der Waals surface area contributed by atoms with Gasteiger partial charge < -0.3 is 4.57 Å². The van der Waals surface area contributed by atoms with Crippen molar-refractivity contribution in [1.29, 1.82) is 0 Å². The number of imidazole rings is 1. The van der Waals surface area contributed by atoms with Crippen molar-refractivity contribution in [3.05, 3.63) is 41.5 Å². The summed E-state index contributed by atoms with van der Waals surface area (Å²) in [4.78, 5) is 22.4. The monoisotopic (exact) mass is 480 g/mol. The van der Waals surface area contributed by atoms with E-state index in [1.807, 2.05) is 0 Å². The molecular formula is C20H19F3N6O3S. The van der Waals surface area contributed by atoms with Crippen LogP contribution in [0, 0.1) is 0 Å². The summed E-state index contributed by atoms with van der Waals surface area (Å²) in [7, 11) is -2.32. The number of carbonyl (C=O) groups is 1. The van der Waals surface area contributed by atoms with Gasteiger partial charge in [0.15, 0.2) is 20.7 Å². The molecule has 2 aliphatic rings. The number of hydrogen-bond donors (Lipinski definition) is 0. The van der Waals surface area contributed by atoms with Gasteiger partial charge in [0, 0.05) is 19.4 Å². The Kier molecular flexibility index (Phi) is 4.68. The SMILES string of the molecule is CCS(=O)(=O)c1c(N2Cc3ncc(C(F)(F)F)cc3C2=O)nc(-c2cnn(C3CC3)c2)n1C. The van der Waals surface area contributed by atoms with Gasteiger partial charge in [-0.3, -0.25) is 19.4 Å². The summed E-state index contributed by atoms with van der Waals surface area (Å²) >= 11 is 0. The molecule has 4 heterocycles. The summed E-state index contributed by atoms with van der Waals surface area (Å²) in [6, 6.07) is 1.04. The second kappa shape index (κ2) is 7.14. The first-order valence-electron chi connectivity index (χ1n) is 10.2. The van der Waals surface area contributed by atoms with Gasteiger partial charge in [-0.2, -0.15) is 18.3 Å². The van der Waals surface area contributed by atoms with Crippen LogP contribution in [0.3, 0.4) is 0 Å². The number of pyridine rings is 1. The lowest BCUT2D eigenvalue weighted by Crippen LogP contribution is -2.26. The molecule has 3 aromatic rings. The van der Waals surface area contributed by atoms with E-state index >= 15 is 0 Å². The van der Waals surface area contributed by atoms with Crippen molar-refractivity contribution in [3.63, 3.8) is 0 Å². The summed E-state index contributed by atoms with van der Waals surface area (Å²) < 4.78 is 68.4. The van der Waals surface area contributed by atoms with Crippen LogP contribution in [0.1, 0.15) is 47.4 Å². The standard InChI is InChI=1S/C20H19F3N6O3S/c1-3-33(31,32)19-17(26-16(27(19)2)11-7-25-29(9-11)13-4-5-13)28-10-15-14(18(28)30)6-12(8-24-15)20(21,22)23/h6-9,13H,3-5,10H2,1-2H3. The number of rotatable bonds is 5. The van der Waals surface area contributed by atoms with E-state index in [-0.39, 0.29) is 40.2 Å². The van der Waals surface area contributed by atoms with Crippen LogP contribution in [0.2, 0.25) is 0 Å². The van der Waals surface area contributed by atoms with Gasteiger partial charge in [0.1, 0.15) is 5.82 Å². The molecule has 5 rings (SSSR count). The number of alkyl halides is 3. The van der Waals surface area contributed by atoms with Crippen molar-refractivity contribution < 1.29 is 26.4 Å². The Hall–Kier alpha value is -3.22. The number of anilines is 1. The average molecular weight is 480 g/mol. The molecule has 0 bridgehead atoms. The third-order valence-corrected chi connectivity index (χ3v) is 7.62. The fraction of sp³-hybridized carbons (Fsp3) is 0.400. The second-order valence-electron chi connectivity index (χ2n) is 8.07. The summed E-state index contributed by atoms with van der Waals surface area (Å²) in [6.07, 6.45) is 1.36. The predicted molar refractivity (Wildman–Crippen MR) is 110 cm³/mol. The number of hydrogen-bond acceptors (Lipinski definition) is 6. The summed E-state index contributed by atoms with van der Waals surface area (Å²) in [5.41, 5.74) is -0.572. The van der Waals surface area contributed by atoms with Gasteiger partial charge >= 0.3 is 6.18 Å². The van der Waals surface area contributed by atoms with Crippen LogP contribution >= 0.6 is 0 Å². The molecule has 0 spiro atoms. The first-order chi connectivity index (χ1) is 15.5. The van der Waals surface area contributed by atoms with Crippen LogP contribution in [-0.4, -0.2) is 44.4 Å². The Morgan fingerprint density at radius 2 is 1.94 bits per heavy atom. The van der Waals surface area contributed by atoms with Gasteiger partial charge in [-0.25, -0.2) is 13.4 Å². The molecule has 1 saturated carbocycles. The van der Waals surface area contributed by atoms with Crippen LogP contribution in [-0.2, 0) is 29.6 Å². The van der Waals surface area contributed by atoms with E-state index in [1.165, 1.54) is 18.5 Å². The Balaban J connectivity index is 1.62. The Morgan fingerprint density at radius 1 is 1.21 bits per heavy atom. The molecule has 0 N–H and O–H groups in total. The zero-order valence-electron chi connectivity index (χ0n) is 17.7. The molecule has 0 aromatic carbocycles. The largest absolute Gasteiger partial charge is 0.417 e. The highest BCUT2D eigenvalue weighted by Gasteiger charge is 2.40. The molecule has 33 heavy (non-hydrogen) atoms. The van der Waals surface area contributed by atoms with Crippen molar-refractivity contribution in [2.45, 2.75) is 43.6 Å². The minimum Gasteiger partial charge on any atom is -0.316 e. The fourth-order valence-corrected chi connectivity index (χ4v) is 5.09. The maximum Gasteiger partial charge on any atom is 0.417 e. The molecular weight excluding hydrogens is 461 g/mol. The number of aromatic nitrogens is 5. The van der Waals surface area contributed by atoms with Gasteiger partial charge in [-0.1, -0.05) is 6.92 Å². The van der Waals surface area contributed by atoms with Crippen molar-refractivity contribution in [3.8, 4) is 11.4 Å². The van der Waals surface area contributed by atoms with Gasteiger partial charge in [-0.05, 0) is 18.9 Å². The van der Waals surface area contributed by atoms with E-state index in [9.17, 15) is 26.4 Å². The lowest BCUT2D eigenvalue weighted by atomic mass is 10.1. The topological polar surface area (TPSA) is 103 Å². The van der Waals surface area contributed by atoms with Crippen LogP contribution < -0.4 is 4.90 Å². The molecule has 1 amide bonds. The third kappa shape index (κ3) is 3.50. The van der Waals surface area contributed by atoms with E-state index in [0.29, 0.717) is 17.8 Å². The summed E-state index contributed by atoms with van der Waals surface area (Å²) in [6.45, 7) is 1.28. The molecule has 13 heteroatoms. The lowest BCUT2D eigenvalue weighted by molar-refractivity contribution is -0.137. The maximum atomic E-state index is 13.1. The number of halogens is 3. The lowest BCUT2D eigenvalue weighted by Gasteiger charge is -2.15. The van der Waals surface area contributed by atoms with E-state index in [4.69, 9.17) is 0 Å². The molecule has 174 valence electrons. The number of sulfone groups is 1. The van der Waals surface area contributed by atoms with Crippen LogP contribution in [0.15, 0.2) is 29.7 Å². The molecule has 1 aliphatic heterocycles. The molecule has 0 atom stereocenters. The molecule has 9 nitrogen and oxygen atoms in total. The highest BCUT2D eigenvalue weighted by molar-refractivity contribution is 7.91.